The molecule has 0 aliphatic carbocycles. The highest BCUT2D eigenvalue weighted by atomic mass is 32.2. The normalized spacial score (nSPS) is 20.4. The maximum Gasteiger partial charge on any atom is 0.261 e. The third kappa shape index (κ3) is 10.1. The summed E-state index contributed by atoms with van der Waals surface area (Å²) in [5, 5.41) is 10.2. The Morgan fingerprint density at radius 1 is 1.08 bits per heavy atom. The van der Waals surface area contributed by atoms with E-state index >= 15 is 0 Å². The molecule has 2 N–H and O–H groups in total. The van der Waals surface area contributed by atoms with Gasteiger partial charge in [-0.1, -0.05) is 19.1 Å². The van der Waals surface area contributed by atoms with Crippen molar-refractivity contribution in [2.24, 2.45) is 5.92 Å². The lowest BCUT2D eigenvalue weighted by atomic mass is 10.0. The molecule has 0 radical (unpaired) electrons. The number of ether oxygens (including phenoxy) is 3. The Labute approximate surface area is 283 Å². The summed E-state index contributed by atoms with van der Waals surface area (Å²) in [6.07, 6.45) is 1.99. The molecule has 0 saturated carbocycles. The van der Waals surface area contributed by atoms with E-state index in [1.54, 1.807) is 25.0 Å². The van der Waals surface area contributed by atoms with Gasteiger partial charge in [-0.25, -0.2) is 12.8 Å². The zero-order valence-electron chi connectivity index (χ0n) is 28.4. The van der Waals surface area contributed by atoms with Gasteiger partial charge in [-0.15, -0.1) is 0 Å². The number of aliphatic hydroxyl groups excluding tert-OH is 1. The minimum absolute atomic E-state index is 0.118. The van der Waals surface area contributed by atoms with Crippen LogP contribution < -0.4 is 14.2 Å². The number of likely N-dealkylation sites (N-methyl/N-ethyl adjacent to an activating group) is 1. The predicted molar refractivity (Wildman–Crippen MR) is 183 cm³/mol. The summed E-state index contributed by atoms with van der Waals surface area (Å²) in [7, 11) is -0.395. The molecule has 3 aromatic carbocycles. The number of halogens is 1. The molecular weight excluding hydrogens is 637 g/mol. The molecule has 1 aliphatic heterocycles. The molecule has 0 bridgehead atoms. The number of fused-ring (bicyclic) bond motifs is 1. The molecular formula is C36H48FN3O7S. The van der Waals surface area contributed by atoms with Crippen molar-refractivity contribution in [3.63, 3.8) is 0 Å². The van der Waals surface area contributed by atoms with Gasteiger partial charge >= 0.3 is 0 Å². The van der Waals surface area contributed by atoms with E-state index in [0.29, 0.717) is 25.4 Å². The summed E-state index contributed by atoms with van der Waals surface area (Å²) in [5.41, 5.74) is 1.45. The molecule has 0 unspecified atom stereocenters. The SMILES string of the molecule is COc1ccc(CN(C)C[C@@H]2OCCCC[C@H](C)Oc3ccc(NS(=O)(=O)c4ccc(F)cc4)cc3C(=O)N([C@@H](C)CO)C[C@@H]2C)cc1. The fourth-order valence-electron chi connectivity index (χ4n) is 5.69. The number of carbonyl (C=O) groups is 1. The molecule has 1 aliphatic rings. The van der Waals surface area contributed by atoms with E-state index < -0.39 is 27.8 Å². The Kier molecular flexibility index (Phi) is 13.2. The first-order valence-electron chi connectivity index (χ1n) is 16.3. The molecule has 3 aromatic rings. The summed E-state index contributed by atoms with van der Waals surface area (Å²) in [6, 6.07) is 16.5. The molecule has 4 rings (SSSR count). The highest BCUT2D eigenvalue weighted by Crippen LogP contribution is 2.30. The summed E-state index contributed by atoms with van der Waals surface area (Å²) >= 11 is 0. The van der Waals surface area contributed by atoms with Gasteiger partial charge in [0.2, 0.25) is 0 Å². The van der Waals surface area contributed by atoms with Crippen LogP contribution in [0.4, 0.5) is 10.1 Å². The van der Waals surface area contributed by atoms with Crippen molar-refractivity contribution < 1.29 is 36.9 Å². The average molecular weight is 686 g/mol. The molecule has 10 nitrogen and oxygen atoms in total. The van der Waals surface area contributed by atoms with E-state index in [9.17, 15) is 22.7 Å². The molecule has 1 heterocycles. The van der Waals surface area contributed by atoms with Crippen LogP contribution in [0.25, 0.3) is 0 Å². The van der Waals surface area contributed by atoms with Gasteiger partial charge in [0.1, 0.15) is 17.3 Å². The van der Waals surface area contributed by atoms with Crippen molar-refractivity contribution >= 4 is 21.6 Å². The largest absolute Gasteiger partial charge is 0.497 e. The highest BCUT2D eigenvalue weighted by Gasteiger charge is 2.30. The maximum atomic E-state index is 14.4. The van der Waals surface area contributed by atoms with Crippen molar-refractivity contribution in [2.75, 3.05) is 45.2 Å². The molecule has 12 heteroatoms. The number of aliphatic hydroxyl groups is 1. The third-order valence-corrected chi connectivity index (χ3v) is 9.93. The second kappa shape index (κ2) is 17.1. The molecule has 0 saturated heterocycles. The third-order valence-electron chi connectivity index (χ3n) is 8.53. The number of rotatable bonds is 10. The molecule has 4 atom stereocenters. The number of carbonyl (C=O) groups excluding carboxylic acids is 1. The Morgan fingerprint density at radius 2 is 1.79 bits per heavy atom. The topological polar surface area (TPSA) is 118 Å². The summed E-state index contributed by atoms with van der Waals surface area (Å²) < 4.78 is 60.2. The van der Waals surface area contributed by atoms with Gasteiger partial charge in [0, 0.05) is 37.8 Å². The molecule has 0 aromatic heterocycles. The fourth-order valence-corrected chi connectivity index (χ4v) is 6.74. The van der Waals surface area contributed by atoms with Crippen LogP contribution in [0.1, 0.15) is 56.0 Å². The number of anilines is 1. The van der Waals surface area contributed by atoms with Gasteiger partial charge in [0.15, 0.2) is 0 Å². The predicted octanol–water partition coefficient (Wildman–Crippen LogP) is 5.56. The van der Waals surface area contributed by atoms with Gasteiger partial charge in [0.05, 0.1) is 42.4 Å². The number of benzene rings is 3. The van der Waals surface area contributed by atoms with E-state index in [4.69, 9.17) is 14.2 Å². The second-order valence-electron chi connectivity index (χ2n) is 12.6. The van der Waals surface area contributed by atoms with E-state index in [1.807, 2.05) is 45.2 Å². The number of methoxy groups -OCH3 is 1. The van der Waals surface area contributed by atoms with Crippen LogP contribution in [0.2, 0.25) is 0 Å². The van der Waals surface area contributed by atoms with Crippen molar-refractivity contribution in [2.45, 2.75) is 69.7 Å². The van der Waals surface area contributed by atoms with Crippen LogP contribution in [-0.4, -0.2) is 87.9 Å². The first kappa shape index (κ1) is 37.1. The fraction of sp³-hybridized carbons (Fsp3) is 0.472. The smallest absolute Gasteiger partial charge is 0.261 e. The molecule has 1 amide bonds. The lowest BCUT2D eigenvalue weighted by Gasteiger charge is -2.36. The molecule has 262 valence electrons. The number of hydrogen-bond acceptors (Lipinski definition) is 8. The summed E-state index contributed by atoms with van der Waals surface area (Å²) in [5.74, 6) is 0.0411. The quantitative estimate of drug-likeness (QED) is 0.285. The molecule has 48 heavy (non-hydrogen) atoms. The Bertz CT molecular complexity index is 1590. The van der Waals surface area contributed by atoms with Gasteiger partial charge in [-0.05, 0) is 100 Å². The van der Waals surface area contributed by atoms with E-state index in [0.717, 1.165) is 42.7 Å². The first-order valence-corrected chi connectivity index (χ1v) is 17.8. The van der Waals surface area contributed by atoms with Crippen molar-refractivity contribution in [1.82, 2.24) is 9.80 Å². The van der Waals surface area contributed by atoms with Crippen LogP contribution in [0, 0.1) is 11.7 Å². The van der Waals surface area contributed by atoms with Crippen molar-refractivity contribution in [1.29, 1.82) is 0 Å². The van der Waals surface area contributed by atoms with Gasteiger partial charge < -0.3 is 24.2 Å². The standard InChI is InChI=1S/C36H48FN3O7S/c1-25-21-40(26(2)24-41)36(42)33-20-30(38-48(43,44)32-16-11-29(37)12-17-32)13-18-34(33)47-27(3)8-6-7-19-46-35(25)23-39(4)22-28-9-14-31(45-5)15-10-28/h9-18,20,25-27,35,38,41H,6-8,19,21-24H2,1-5H3/t25-,26-,27-,35-/m0/s1. The number of hydrogen-bond donors (Lipinski definition) is 2. The first-order chi connectivity index (χ1) is 22.9. The lowest BCUT2D eigenvalue weighted by Crippen LogP contribution is -2.47. The zero-order chi connectivity index (χ0) is 34.8. The highest BCUT2D eigenvalue weighted by molar-refractivity contribution is 7.92. The number of nitrogens with one attached hydrogen (secondary N) is 1. The van der Waals surface area contributed by atoms with Crippen LogP contribution in [0.15, 0.2) is 71.6 Å². The number of sulfonamides is 1. The van der Waals surface area contributed by atoms with Crippen molar-refractivity contribution in [3.05, 3.63) is 83.7 Å². The minimum Gasteiger partial charge on any atom is -0.497 e. The van der Waals surface area contributed by atoms with Gasteiger partial charge in [-0.3, -0.25) is 14.4 Å². The van der Waals surface area contributed by atoms with Crippen LogP contribution in [-0.2, 0) is 21.3 Å². The summed E-state index contributed by atoms with van der Waals surface area (Å²) in [4.78, 5) is 18.0. The maximum absolute atomic E-state index is 14.4. The minimum atomic E-state index is -4.07. The molecule has 0 spiro atoms. The van der Waals surface area contributed by atoms with Gasteiger partial charge in [-0.2, -0.15) is 0 Å². The van der Waals surface area contributed by atoms with Crippen LogP contribution >= 0.6 is 0 Å². The Balaban J connectivity index is 1.62. The number of amides is 1. The number of nitrogens with zero attached hydrogens (tertiary/aromatic N) is 2. The van der Waals surface area contributed by atoms with Crippen LogP contribution in [0.5, 0.6) is 11.5 Å². The zero-order valence-corrected chi connectivity index (χ0v) is 29.2. The lowest BCUT2D eigenvalue weighted by molar-refractivity contribution is -0.0177. The Morgan fingerprint density at radius 3 is 2.46 bits per heavy atom. The monoisotopic (exact) mass is 685 g/mol. The van der Waals surface area contributed by atoms with E-state index in [-0.39, 0.29) is 47.4 Å². The van der Waals surface area contributed by atoms with E-state index in [1.165, 1.54) is 24.3 Å². The van der Waals surface area contributed by atoms with Crippen molar-refractivity contribution in [3.8, 4) is 11.5 Å². The van der Waals surface area contributed by atoms with E-state index in [2.05, 4.69) is 9.62 Å². The van der Waals surface area contributed by atoms with Crippen LogP contribution in [0.3, 0.4) is 0 Å². The molecule has 0 fully saturated rings. The Hall–Kier alpha value is -3.71. The van der Waals surface area contributed by atoms with Gasteiger partial charge in [0.25, 0.3) is 15.9 Å². The summed E-state index contributed by atoms with van der Waals surface area (Å²) in [6.45, 7) is 7.62. The average Bonchev–Trinajstić information content (AvgIpc) is 3.06. The second-order valence-corrected chi connectivity index (χ2v) is 14.3.